The van der Waals surface area contributed by atoms with Crippen LogP contribution in [0.3, 0.4) is 0 Å². The maximum absolute atomic E-state index is 12.9. The minimum absolute atomic E-state index is 0.264. The predicted molar refractivity (Wildman–Crippen MR) is 68.8 cm³/mol. The number of hydrogen-bond donors (Lipinski definition) is 0. The Kier molecular flexibility index (Phi) is 2.87. The first-order valence-electron chi connectivity index (χ1n) is 5.88. The van der Waals surface area contributed by atoms with E-state index in [1.807, 2.05) is 19.2 Å². The Morgan fingerprint density at radius 3 is 2.47 bits per heavy atom. The number of hydrazone groups is 1. The van der Waals surface area contributed by atoms with Gasteiger partial charge < -0.3 is 4.74 Å². The molecular formula is C14H12FN3O. The van der Waals surface area contributed by atoms with E-state index < -0.39 is 0 Å². The second kappa shape index (κ2) is 4.68. The molecule has 4 nitrogen and oxygen atoms in total. The van der Waals surface area contributed by atoms with Crippen LogP contribution in [0.2, 0.25) is 0 Å². The molecule has 2 heterocycles. The molecule has 0 aliphatic carbocycles. The summed E-state index contributed by atoms with van der Waals surface area (Å²) in [5, 5.41) is 6.06. The number of rotatable bonds is 2. The first-order valence-corrected chi connectivity index (χ1v) is 5.88. The van der Waals surface area contributed by atoms with Crippen LogP contribution >= 0.6 is 0 Å². The molecule has 0 spiro atoms. The lowest BCUT2D eigenvalue weighted by Gasteiger charge is -2.17. The van der Waals surface area contributed by atoms with Crippen molar-refractivity contribution in [1.82, 2.24) is 9.99 Å². The van der Waals surface area contributed by atoms with E-state index in [-0.39, 0.29) is 12.0 Å². The van der Waals surface area contributed by atoms with Crippen LogP contribution in [0.4, 0.5) is 4.39 Å². The maximum atomic E-state index is 12.9. The quantitative estimate of drug-likeness (QED) is 0.829. The molecule has 1 unspecified atom stereocenters. The van der Waals surface area contributed by atoms with Crippen LogP contribution in [0, 0.1) is 5.82 Å². The highest BCUT2D eigenvalue weighted by atomic mass is 19.1. The maximum Gasteiger partial charge on any atom is 0.240 e. The standard InChI is InChI=1S/C14H12FN3O/c1-18-14(11-2-4-12(15)5-3-11)19-13(17-18)10-6-8-16-9-7-10/h2-9,14H,1H3. The molecule has 1 atom stereocenters. The van der Waals surface area contributed by atoms with Crippen LogP contribution in [0.15, 0.2) is 53.9 Å². The van der Waals surface area contributed by atoms with Crippen molar-refractivity contribution < 1.29 is 9.13 Å². The first-order chi connectivity index (χ1) is 9.24. The van der Waals surface area contributed by atoms with Gasteiger partial charge in [-0.25, -0.2) is 4.39 Å². The molecule has 1 aliphatic heterocycles. The van der Waals surface area contributed by atoms with E-state index in [4.69, 9.17) is 4.74 Å². The number of halogens is 1. The van der Waals surface area contributed by atoms with E-state index in [0.717, 1.165) is 11.1 Å². The molecule has 0 bridgehead atoms. The summed E-state index contributed by atoms with van der Waals surface area (Å²) in [7, 11) is 1.82. The molecule has 0 N–H and O–H groups in total. The van der Waals surface area contributed by atoms with Crippen LogP contribution < -0.4 is 0 Å². The van der Waals surface area contributed by atoms with Gasteiger partial charge in [0.15, 0.2) is 0 Å². The van der Waals surface area contributed by atoms with Gasteiger partial charge in [0.25, 0.3) is 0 Å². The van der Waals surface area contributed by atoms with E-state index in [1.54, 1.807) is 29.5 Å². The summed E-state index contributed by atoms with van der Waals surface area (Å²) in [6.45, 7) is 0. The lowest BCUT2D eigenvalue weighted by molar-refractivity contribution is 0.0779. The van der Waals surface area contributed by atoms with Gasteiger partial charge in [0.05, 0.1) is 0 Å². The van der Waals surface area contributed by atoms with Crippen molar-refractivity contribution in [2.45, 2.75) is 6.23 Å². The molecule has 96 valence electrons. The monoisotopic (exact) mass is 257 g/mol. The van der Waals surface area contributed by atoms with Crippen LogP contribution in [0.1, 0.15) is 17.4 Å². The molecule has 1 aliphatic rings. The van der Waals surface area contributed by atoms with E-state index in [2.05, 4.69) is 10.1 Å². The molecule has 0 radical (unpaired) electrons. The molecule has 0 saturated heterocycles. The summed E-state index contributed by atoms with van der Waals surface area (Å²) in [6, 6.07) is 9.89. The van der Waals surface area contributed by atoms with Gasteiger partial charge in [0.2, 0.25) is 12.1 Å². The molecule has 2 aromatic rings. The van der Waals surface area contributed by atoms with Crippen LogP contribution in [0.5, 0.6) is 0 Å². The second-order valence-electron chi connectivity index (χ2n) is 4.24. The van der Waals surface area contributed by atoms with Crippen LogP contribution in [0.25, 0.3) is 0 Å². The average molecular weight is 257 g/mol. The van der Waals surface area contributed by atoms with Crippen molar-refractivity contribution in [3.05, 3.63) is 65.7 Å². The fourth-order valence-corrected chi connectivity index (χ4v) is 1.93. The largest absolute Gasteiger partial charge is 0.446 e. The van der Waals surface area contributed by atoms with Gasteiger partial charge in [-0.2, -0.15) is 0 Å². The van der Waals surface area contributed by atoms with Gasteiger partial charge >= 0.3 is 0 Å². The number of benzene rings is 1. The lowest BCUT2D eigenvalue weighted by atomic mass is 10.2. The summed E-state index contributed by atoms with van der Waals surface area (Å²) in [5.74, 6) is 0.277. The van der Waals surface area contributed by atoms with E-state index >= 15 is 0 Å². The molecule has 0 amide bonds. The van der Waals surface area contributed by atoms with E-state index in [0.29, 0.717) is 5.90 Å². The fraction of sp³-hybridized carbons (Fsp3) is 0.143. The first kappa shape index (κ1) is 11.6. The smallest absolute Gasteiger partial charge is 0.240 e. The molecule has 0 saturated carbocycles. The normalized spacial score (nSPS) is 18.1. The highest BCUT2D eigenvalue weighted by molar-refractivity contribution is 5.94. The Labute approximate surface area is 110 Å². The number of nitrogens with zero attached hydrogens (tertiary/aromatic N) is 3. The van der Waals surface area contributed by atoms with Gasteiger partial charge in [0, 0.05) is 30.6 Å². The Hall–Kier alpha value is -2.43. The summed E-state index contributed by atoms with van der Waals surface area (Å²) >= 11 is 0. The van der Waals surface area contributed by atoms with Crippen molar-refractivity contribution in [3.63, 3.8) is 0 Å². The molecule has 19 heavy (non-hydrogen) atoms. The average Bonchev–Trinajstić information content (AvgIpc) is 2.83. The number of ether oxygens (including phenoxy) is 1. The summed E-state index contributed by atoms with van der Waals surface area (Å²) < 4.78 is 18.7. The third-order valence-corrected chi connectivity index (χ3v) is 2.89. The fourth-order valence-electron chi connectivity index (χ4n) is 1.93. The molecule has 5 heteroatoms. The van der Waals surface area contributed by atoms with Gasteiger partial charge in [-0.1, -0.05) is 12.1 Å². The topological polar surface area (TPSA) is 37.7 Å². The predicted octanol–water partition coefficient (Wildman–Crippen LogP) is 2.54. The third kappa shape index (κ3) is 2.27. The minimum Gasteiger partial charge on any atom is -0.446 e. The highest BCUT2D eigenvalue weighted by Gasteiger charge is 2.27. The van der Waals surface area contributed by atoms with Crippen molar-refractivity contribution in [1.29, 1.82) is 0 Å². The number of hydrogen-bond acceptors (Lipinski definition) is 4. The Morgan fingerprint density at radius 1 is 1.11 bits per heavy atom. The third-order valence-electron chi connectivity index (χ3n) is 2.89. The number of aromatic nitrogens is 1. The van der Waals surface area contributed by atoms with E-state index in [9.17, 15) is 4.39 Å². The zero-order valence-electron chi connectivity index (χ0n) is 10.3. The molecule has 0 fully saturated rings. The Balaban J connectivity index is 1.84. The molecule has 1 aromatic carbocycles. The van der Waals surface area contributed by atoms with Gasteiger partial charge in [-0.05, 0) is 24.3 Å². The van der Waals surface area contributed by atoms with Gasteiger partial charge in [0.1, 0.15) is 5.82 Å². The van der Waals surface area contributed by atoms with Crippen molar-refractivity contribution in [2.75, 3.05) is 7.05 Å². The van der Waals surface area contributed by atoms with Crippen molar-refractivity contribution >= 4 is 5.90 Å². The molecule has 1 aromatic heterocycles. The Bertz CT molecular complexity index is 598. The van der Waals surface area contributed by atoms with Crippen LogP contribution in [-0.2, 0) is 4.74 Å². The number of pyridine rings is 1. The summed E-state index contributed by atoms with van der Waals surface area (Å²) in [4.78, 5) is 3.96. The zero-order chi connectivity index (χ0) is 13.2. The van der Waals surface area contributed by atoms with Crippen molar-refractivity contribution in [2.24, 2.45) is 5.10 Å². The van der Waals surface area contributed by atoms with E-state index in [1.165, 1.54) is 12.1 Å². The molecule has 3 rings (SSSR count). The highest BCUT2D eigenvalue weighted by Crippen LogP contribution is 2.28. The summed E-state index contributed by atoms with van der Waals surface area (Å²) in [5.41, 5.74) is 1.73. The SMILES string of the molecule is CN1N=C(c2ccncc2)OC1c1ccc(F)cc1. The molecular weight excluding hydrogens is 245 g/mol. The van der Waals surface area contributed by atoms with Gasteiger partial charge in [-0.15, -0.1) is 5.10 Å². The zero-order valence-corrected chi connectivity index (χ0v) is 10.3. The van der Waals surface area contributed by atoms with Crippen LogP contribution in [-0.4, -0.2) is 22.9 Å². The van der Waals surface area contributed by atoms with Gasteiger partial charge in [-0.3, -0.25) is 9.99 Å². The minimum atomic E-state index is -0.330. The lowest BCUT2D eigenvalue weighted by Crippen LogP contribution is -2.15. The second-order valence-corrected chi connectivity index (χ2v) is 4.24. The summed E-state index contributed by atoms with van der Waals surface area (Å²) in [6.07, 6.45) is 3.04. The Morgan fingerprint density at radius 2 is 1.79 bits per heavy atom. The van der Waals surface area contributed by atoms with Crippen molar-refractivity contribution in [3.8, 4) is 0 Å².